The largest absolute Gasteiger partial charge is 0.481 e. The molecule has 1 unspecified atom stereocenters. The lowest BCUT2D eigenvalue weighted by Gasteiger charge is -2.36. The van der Waals surface area contributed by atoms with Gasteiger partial charge >= 0.3 is 0 Å². The van der Waals surface area contributed by atoms with E-state index >= 15 is 0 Å². The third-order valence-electron chi connectivity index (χ3n) is 3.30. The molecule has 0 aromatic heterocycles. The minimum absolute atomic E-state index is 0.195. The number of ether oxygens (including phenoxy) is 1. The Hall–Kier alpha value is -1.55. The molecule has 1 aromatic rings. The van der Waals surface area contributed by atoms with Crippen LogP contribution in [0.25, 0.3) is 0 Å². The van der Waals surface area contributed by atoms with Gasteiger partial charge in [0.05, 0.1) is 5.60 Å². The summed E-state index contributed by atoms with van der Waals surface area (Å²) in [5.41, 5.74) is -0.692. The molecular weight excluding hydrogens is 230 g/mol. The fraction of sp³-hybridized carbons (Fsp3) is 0.500. The van der Waals surface area contributed by atoms with Gasteiger partial charge in [0.15, 0.2) is 6.10 Å². The van der Waals surface area contributed by atoms with E-state index in [0.29, 0.717) is 12.3 Å². The van der Waals surface area contributed by atoms with E-state index in [1.807, 2.05) is 30.3 Å². The van der Waals surface area contributed by atoms with Gasteiger partial charge in [-0.15, -0.1) is 0 Å². The molecule has 0 saturated heterocycles. The molecular formula is C14H19NO3. The van der Waals surface area contributed by atoms with Crippen LogP contribution in [0.15, 0.2) is 30.3 Å². The van der Waals surface area contributed by atoms with Crippen molar-refractivity contribution in [1.82, 2.24) is 5.32 Å². The number of amides is 1. The van der Waals surface area contributed by atoms with E-state index in [0.717, 1.165) is 19.3 Å². The Bertz CT molecular complexity index is 401. The third kappa shape index (κ3) is 3.23. The predicted molar refractivity (Wildman–Crippen MR) is 68.3 cm³/mol. The van der Waals surface area contributed by atoms with Crippen molar-refractivity contribution in [2.75, 3.05) is 6.54 Å². The number of benzene rings is 1. The maximum absolute atomic E-state index is 11.8. The number of carbonyl (C=O) groups excluding carboxylic acids is 1. The number of nitrogens with one attached hydrogen (secondary N) is 1. The fourth-order valence-corrected chi connectivity index (χ4v) is 1.91. The van der Waals surface area contributed by atoms with Gasteiger partial charge in [-0.25, -0.2) is 0 Å². The molecule has 1 atom stereocenters. The predicted octanol–water partition coefficient (Wildman–Crippen LogP) is 1.49. The average Bonchev–Trinajstić information content (AvgIpc) is 2.34. The van der Waals surface area contributed by atoms with Crippen molar-refractivity contribution in [3.05, 3.63) is 30.3 Å². The zero-order chi connectivity index (χ0) is 13.0. The van der Waals surface area contributed by atoms with E-state index in [4.69, 9.17) is 4.74 Å². The lowest BCUT2D eigenvalue weighted by atomic mass is 9.80. The van der Waals surface area contributed by atoms with Crippen molar-refractivity contribution in [2.45, 2.75) is 37.9 Å². The fourth-order valence-electron chi connectivity index (χ4n) is 1.91. The summed E-state index contributed by atoms with van der Waals surface area (Å²) >= 11 is 0. The highest BCUT2D eigenvalue weighted by Gasteiger charge is 2.34. The van der Waals surface area contributed by atoms with Crippen LogP contribution in [-0.2, 0) is 4.79 Å². The van der Waals surface area contributed by atoms with Crippen LogP contribution in [-0.4, -0.2) is 29.3 Å². The molecule has 0 aliphatic heterocycles. The molecule has 0 radical (unpaired) electrons. The second kappa shape index (κ2) is 5.40. The smallest absolute Gasteiger partial charge is 0.260 e. The second-order valence-electron chi connectivity index (χ2n) is 4.87. The molecule has 1 saturated carbocycles. The van der Waals surface area contributed by atoms with Crippen LogP contribution in [0, 0.1) is 0 Å². The molecule has 1 fully saturated rings. The quantitative estimate of drug-likeness (QED) is 0.831. The molecule has 2 N–H and O–H groups in total. The molecule has 0 spiro atoms. The minimum Gasteiger partial charge on any atom is -0.481 e. The monoisotopic (exact) mass is 249 g/mol. The van der Waals surface area contributed by atoms with Crippen molar-refractivity contribution in [2.24, 2.45) is 0 Å². The molecule has 1 aliphatic rings. The van der Waals surface area contributed by atoms with Crippen molar-refractivity contribution < 1.29 is 14.6 Å². The van der Waals surface area contributed by atoms with Crippen LogP contribution in [0.1, 0.15) is 26.2 Å². The summed E-state index contributed by atoms with van der Waals surface area (Å²) in [5, 5.41) is 12.6. The molecule has 0 heterocycles. The molecule has 98 valence electrons. The van der Waals surface area contributed by atoms with E-state index in [1.54, 1.807) is 6.92 Å². The Morgan fingerprint density at radius 3 is 2.67 bits per heavy atom. The van der Waals surface area contributed by atoms with Gasteiger partial charge in [0.2, 0.25) is 0 Å². The maximum atomic E-state index is 11.8. The number of para-hydroxylation sites is 1. The summed E-state index contributed by atoms with van der Waals surface area (Å²) < 4.78 is 5.50. The molecule has 1 aromatic carbocycles. The highest BCUT2D eigenvalue weighted by Crippen LogP contribution is 2.30. The van der Waals surface area contributed by atoms with Gasteiger partial charge in [-0.1, -0.05) is 18.2 Å². The Morgan fingerprint density at radius 1 is 1.44 bits per heavy atom. The Morgan fingerprint density at radius 2 is 2.11 bits per heavy atom. The van der Waals surface area contributed by atoms with Crippen molar-refractivity contribution in [3.63, 3.8) is 0 Å². The first kappa shape index (κ1) is 12.9. The summed E-state index contributed by atoms with van der Waals surface area (Å²) in [6.45, 7) is 2.02. The van der Waals surface area contributed by atoms with E-state index in [1.165, 1.54) is 0 Å². The average molecular weight is 249 g/mol. The molecule has 4 nitrogen and oxygen atoms in total. The lowest BCUT2D eigenvalue weighted by Crippen LogP contribution is -2.50. The second-order valence-corrected chi connectivity index (χ2v) is 4.87. The van der Waals surface area contributed by atoms with Gasteiger partial charge in [0.1, 0.15) is 5.75 Å². The number of carbonyl (C=O) groups is 1. The van der Waals surface area contributed by atoms with Crippen LogP contribution in [0.4, 0.5) is 0 Å². The van der Waals surface area contributed by atoms with Crippen LogP contribution in [0.5, 0.6) is 5.75 Å². The number of aliphatic hydroxyl groups is 1. The van der Waals surface area contributed by atoms with Gasteiger partial charge in [0, 0.05) is 6.54 Å². The highest BCUT2D eigenvalue weighted by molar-refractivity contribution is 5.80. The zero-order valence-electron chi connectivity index (χ0n) is 10.6. The summed E-state index contributed by atoms with van der Waals surface area (Å²) in [6, 6.07) is 9.23. The molecule has 1 amide bonds. The van der Waals surface area contributed by atoms with Gasteiger partial charge in [-0.3, -0.25) is 4.79 Å². The SMILES string of the molecule is CC(Oc1ccccc1)C(=O)NCC1(O)CCC1. The van der Waals surface area contributed by atoms with Crippen LogP contribution in [0.2, 0.25) is 0 Å². The molecule has 18 heavy (non-hydrogen) atoms. The summed E-state index contributed by atoms with van der Waals surface area (Å²) in [7, 11) is 0. The Kier molecular flexibility index (Phi) is 3.87. The molecule has 1 aliphatic carbocycles. The molecule has 0 bridgehead atoms. The number of rotatable bonds is 5. The summed E-state index contributed by atoms with van der Waals surface area (Å²) in [6.07, 6.45) is 2.00. The summed E-state index contributed by atoms with van der Waals surface area (Å²) in [4.78, 5) is 11.8. The third-order valence-corrected chi connectivity index (χ3v) is 3.30. The van der Waals surface area contributed by atoms with E-state index in [-0.39, 0.29) is 5.91 Å². The van der Waals surface area contributed by atoms with Crippen molar-refractivity contribution in [1.29, 1.82) is 0 Å². The van der Waals surface area contributed by atoms with Crippen LogP contribution >= 0.6 is 0 Å². The van der Waals surface area contributed by atoms with Gasteiger partial charge in [-0.05, 0) is 38.3 Å². The van der Waals surface area contributed by atoms with Gasteiger partial charge in [-0.2, -0.15) is 0 Å². The number of hydrogen-bond donors (Lipinski definition) is 2. The van der Waals surface area contributed by atoms with Crippen LogP contribution < -0.4 is 10.1 Å². The molecule has 4 heteroatoms. The number of hydrogen-bond acceptors (Lipinski definition) is 3. The van der Waals surface area contributed by atoms with Gasteiger partial charge in [0.25, 0.3) is 5.91 Å². The van der Waals surface area contributed by atoms with Crippen molar-refractivity contribution >= 4 is 5.91 Å². The first-order valence-electron chi connectivity index (χ1n) is 6.31. The minimum atomic E-state index is -0.692. The lowest BCUT2D eigenvalue weighted by molar-refractivity contribution is -0.129. The maximum Gasteiger partial charge on any atom is 0.260 e. The standard InChI is InChI=1S/C14H19NO3/c1-11(18-12-6-3-2-4-7-12)13(16)15-10-14(17)8-5-9-14/h2-4,6-7,11,17H,5,8-10H2,1H3,(H,15,16). The normalized spacial score (nSPS) is 18.6. The first-order valence-corrected chi connectivity index (χ1v) is 6.31. The van der Waals surface area contributed by atoms with Gasteiger partial charge < -0.3 is 15.2 Å². The van der Waals surface area contributed by atoms with Crippen LogP contribution in [0.3, 0.4) is 0 Å². The Balaban J connectivity index is 1.78. The first-order chi connectivity index (χ1) is 8.59. The zero-order valence-corrected chi connectivity index (χ0v) is 10.6. The van der Waals surface area contributed by atoms with E-state index < -0.39 is 11.7 Å². The van der Waals surface area contributed by atoms with Crippen molar-refractivity contribution in [3.8, 4) is 5.75 Å². The van der Waals surface area contributed by atoms with E-state index in [9.17, 15) is 9.90 Å². The summed E-state index contributed by atoms with van der Waals surface area (Å²) in [5.74, 6) is 0.474. The van der Waals surface area contributed by atoms with E-state index in [2.05, 4.69) is 5.32 Å². The topological polar surface area (TPSA) is 58.6 Å². The molecule has 2 rings (SSSR count). The Labute approximate surface area is 107 Å². The highest BCUT2D eigenvalue weighted by atomic mass is 16.5.